The van der Waals surface area contributed by atoms with Crippen molar-refractivity contribution in [3.05, 3.63) is 29.8 Å². The average molecular weight is 280 g/mol. The van der Waals surface area contributed by atoms with E-state index in [0.29, 0.717) is 12.1 Å². The minimum atomic E-state index is -2.88. The Hall–Kier alpha value is -2.16. The van der Waals surface area contributed by atoms with Gasteiger partial charge in [-0.1, -0.05) is 0 Å². The average Bonchev–Trinajstić information content (AvgIpc) is 3.24. The van der Waals surface area contributed by atoms with Gasteiger partial charge in [0.25, 0.3) is 5.91 Å². The normalized spacial score (nSPS) is 13.9. The van der Waals surface area contributed by atoms with Gasteiger partial charge in [-0.3, -0.25) is 4.79 Å². The zero-order valence-electron chi connectivity index (χ0n) is 10.8. The summed E-state index contributed by atoms with van der Waals surface area (Å²) in [5.74, 6) is -0.155. The first-order valence-electron chi connectivity index (χ1n) is 6.34. The Morgan fingerprint density at radius 3 is 2.55 bits per heavy atom. The highest BCUT2D eigenvalue weighted by atomic mass is 19.3. The van der Waals surface area contributed by atoms with E-state index in [1.54, 1.807) is 4.90 Å². The molecule has 1 saturated carbocycles. The smallest absolute Gasteiger partial charge is 0.387 e. The van der Waals surface area contributed by atoms with Crippen LogP contribution in [0.25, 0.3) is 0 Å². The van der Waals surface area contributed by atoms with Crippen molar-refractivity contribution in [2.75, 3.05) is 6.54 Å². The summed E-state index contributed by atoms with van der Waals surface area (Å²) in [7, 11) is 0. The first-order valence-corrected chi connectivity index (χ1v) is 6.34. The van der Waals surface area contributed by atoms with Crippen LogP contribution >= 0.6 is 0 Å². The van der Waals surface area contributed by atoms with Gasteiger partial charge in [-0.2, -0.15) is 14.0 Å². The molecule has 1 aliphatic carbocycles. The van der Waals surface area contributed by atoms with E-state index in [4.69, 9.17) is 5.26 Å². The second-order valence-corrected chi connectivity index (χ2v) is 4.54. The van der Waals surface area contributed by atoms with Gasteiger partial charge in [-0.25, -0.2) is 0 Å². The number of ether oxygens (including phenoxy) is 1. The molecule has 0 saturated heterocycles. The number of amides is 1. The fourth-order valence-electron chi connectivity index (χ4n) is 1.95. The number of hydrogen-bond acceptors (Lipinski definition) is 3. The van der Waals surface area contributed by atoms with Crippen LogP contribution in [0.1, 0.15) is 29.6 Å². The predicted octanol–water partition coefficient (Wildman–Crippen LogP) is 2.81. The number of carbonyl (C=O) groups is 1. The van der Waals surface area contributed by atoms with Crippen LogP contribution in [0.15, 0.2) is 24.3 Å². The lowest BCUT2D eigenvalue weighted by Gasteiger charge is -2.21. The summed E-state index contributed by atoms with van der Waals surface area (Å²) >= 11 is 0. The highest BCUT2D eigenvalue weighted by Gasteiger charge is 2.32. The second kappa shape index (κ2) is 6.33. The zero-order chi connectivity index (χ0) is 14.5. The molecule has 1 aliphatic rings. The number of nitrogens with zero attached hydrogens (tertiary/aromatic N) is 2. The zero-order valence-corrected chi connectivity index (χ0v) is 10.8. The lowest BCUT2D eigenvalue weighted by molar-refractivity contribution is -0.0498. The Morgan fingerprint density at radius 1 is 1.40 bits per heavy atom. The van der Waals surface area contributed by atoms with Crippen molar-refractivity contribution < 1.29 is 18.3 Å². The van der Waals surface area contributed by atoms with Gasteiger partial charge >= 0.3 is 6.61 Å². The summed E-state index contributed by atoms with van der Waals surface area (Å²) in [6.45, 7) is -2.48. The topological polar surface area (TPSA) is 53.3 Å². The first kappa shape index (κ1) is 14.3. The highest BCUT2D eigenvalue weighted by molar-refractivity contribution is 5.94. The van der Waals surface area contributed by atoms with Crippen molar-refractivity contribution in [3.8, 4) is 11.8 Å². The molecule has 4 nitrogen and oxygen atoms in total. The Labute approximate surface area is 115 Å². The highest BCUT2D eigenvalue weighted by Crippen LogP contribution is 2.28. The van der Waals surface area contributed by atoms with E-state index in [0.717, 1.165) is 12.8 Å². The molecule has 0 bridgehead atoms. The van der Waals surface area contributed by atoms with Crippen LogP contribution in [0.4, 0.5) is 8.78 Å². The van der Waals surface area contributed by atoms with Gasteiger partial charge in [-0.15, -0.1) is 0 Å². The van der Waals surface area contributed by atoms with Crippen LogP contribution in [-0.2, 0) is 0 Å². The van der Waals surface area contributed by atoms with Crippen LogP contribution in [0.2, 0.25) is 0 Å². The van der Waals surface area contributed by atoms with E-state index in [1.807, 2.05) is 6.07 Å². The lowest BCUT2D eigenvalue weighted by Crippen LogP contribution is -2.33. The number of hydrogen-bond donors (Lipinski definition) is 0. The third-order valence-corrected chi connectivity index (χ3v) is 3.04. The van der Waals surface area contributed by atoms with E-state index in [-0.39, 0.29) is 24.1 Å². The van der Waals surface area contributed by atoms with E-state index in [9.17, 15) is 13.6 Å². The predicted molar refractivity (Wildman–Crippen MR) is 67.4 cm³/mol. The third-order valence-electron chi connectivity index (χ3n) is 3.04. The minimum absolute atomic E-state index is 0.0200. The van der Waals surface area contributed by atoms with Gasteiger partial charge in [0.1, 0.15) is 5.75 Å². The van der Waals surface area contributed by atoms with Gasteiger partial charge < -0.3 is 9.64 Å². The largest absolute Gasteiger partial charge is 0.435 e. The number of benzene rings is 1. The maximum absolute atomic E-state index is 12.3. The standard InChI is InChI=1S/C14H14F2N2O2/c15-14(16)20-12-6-2-10(3-7-12)13(19)18(9-1-8-17)11-4-5-11/h2-3,6-7,11,14H,1,4-5,9H2. The molecular formula is C14H14F2N2O2. The fourth-order valence-corrected chi connectivity index (χ4v) is 1.95. The molecule has 0 atom stereocenters. The molecule has 0 radical (unpaired) electrons. The van der Waals surface area contributed by atoms with Crippen LogP contribution in [-0.4, -0.2) is 30.0 Å². The molecule has 2 rings (SSSR count). The lowest BCUT2D eigenvalue weighted by atomic mass is 10.2. The summed E-state index contributed by atoms with van der Waals surface area (Å²) in [6, 6.07) is 7.83. The monoisotopic (exact) mass is 280 g/mol. The quantitative estimate of drug-likeness (QED) is 0.805. The number of alkyl halides is 2. The summed E-state index contributed by atoms with van der Waals surface area (Å²) < 4.78 is 28.3. The minimum Gasteiger partial charge on any atom is -0.435 e. The Morgan fingerprint density at radius 2 is 2.05 bits per heavy atom. The van der Waals surface area contributed by atoms with E-state index < -0.39 is 6.61 Å². The Balaban J connectivity index is 2.05. The molecule has 6 heteroatoms. The molecule has 0 heterocycles. The SMILES string of the molecule is N#CCCN(C(=O)c1ccc(OC(F)F)cc1)C1CC1. The molecule has 0 unspecified atom stereocenters. The molecule has 1 amide bonds. The number of rotatable bonds is 6. The molecular weight excluding hydrogens is 266 g/mol. The van der Waals surface area contributed by atoms with Crippen LogP contribution < -0.4 is 4.74 Å². The maximum atomic E-state index is 12.3. The van der Waals surface area contributed by atoms with Gasteiger partial charge in [-0.05, 0) is 37.1 Å². The van der Waals surface area contributed by atoms with E-state index >= 15 is 0 Å². The van der Waals surface area contributed by atoms with Gasteiger partial charge in [0.15, 0.2) is 0 Å². The second-order valence-electron chi connectivity index (χ2n) is 4.54. The van der Waals surface area contributed by atoms with Crippen molar-refractivity contribution in [2.24, 2.45) is 0 Å². The number of nitriles is 1. The summed E-state index contributed by atoms with van der Waals surface area (Å²) in [4.78, 5) is 14.0. The van der Waals surface area contributed by atoms with Crippen LogP contribution in [0.3, 0.4) is 0 Å². The summed E-state index contributed by atoms with van der Waals surface area (Å²) in [6.07, 6.45) is 2.18. The Bertz CT molecular complexity index is 507. The third kappa shape index (κ3) is 3.67. The molecule has 0 N–H and O–H groups in total. The molecule has 1 aromatic rings. The van der Waals surface area contributed by atoms with Crippen molar-refractivity contribution in [2.45, 2.75) is 31.9 Å². The summed E-state index contributed by atoms with van der Waals surface area (Å²) in [5, 5.41) is 8.61. The van der Waals surface area contributed by atoms with Gasteiger partial charge in [0.2, 0.25) is 0 Å². The van der Waals surface area contributed by atoms with Crippen LogP contribution in [0.5, 0.6) is 5.75 Å². The molecule has 0 aromatic heterocycles. The van der Waals surface area contributed by atoms with E-state index in [2.05, 4.69) is 4.74 Å². The van der Waals surface area contributed by atoms with Crippen molar-refractivity contribution in [3.63, 3.8) is 0 Å². The fraction of sp³-hybridized carbons (Fsp3) is 0.429. The van der Waals surface area contributed by atoms with Gasteiger partial charge in [0, 0.05) is 18.2 Å². The van der Waals surface area contributed by atoms with Crippen molar-refractivity contribution >= 4 is 5.91 Å². The maximum Gasteiger partial charge on any atom is 0.387 e. The van der Waals surface area contributed by atoms with Crippen molar-refractivity contribution in [1.82, 2.24) is 4.90 Å². The summed E-state index contributed by atoms with van der Waals surface area (Å²) in [5.41, 5.74) is 0.413. The molecule has 20 heavy (non-hydrogen) atoms. The van der Waals surface area contributed by atoms with Gasteiger partial charge in [0.05, 0.1) is 12.5 Å². The molecule has 0 spiro atoms. The molecule has 106 valence electrons. The van der Waals surface area contributed by atoms with Crippen LogP contribution in [0, 0.1) is 11.3 Å². The van der Waals surface area contributed by atoms with Crippen molar-refractivity contribution in [1.29, 1.82) is 5.26 Å². The molecule has 1 fully saturated rings. The first-order chi connectivity index (χ1) is 9.61. The number of halogens is 2. The molecule has 1 aromatic carbocycles. The molecule has 0 aliphatic heterocycles. The number of carbonyl (C=O) groups excluding carboxylic acids is 1. The van der Waals surface area contributed by atoms with E-state index in [1.165, 1.54) is 24.3 Å². The Kier molecular flexibility index (Phi) is 4.51.